The van der Waals surface area contributed by atoms with Crippen LogP contribution in [0.2, 0.25) is 0 Å². The fourth-order valence-corrected chi connectivity index (χ4v) is 1.42. The van der Waals surface area contributed by atoms with Gasteiger partial charge in [-0.05, 0) is 46.7 Å². The first kappa shape index (κ1) is 16.2. The molecule has 0 aromatic heterocycles. The molecule has 0 unspecified atom stereocenters. The Hall–Kier alpha value is -0.770. The third-order valence-electron chi connectivity index (χ3n) is 2.88. The third-order valence-corrected chi connectivity index (χ3v) is 2.88. The van der Waals surface area contributed by atoms with Crippen molar-refractivity contribution in [2.45, 2.75) is 46.1 Å². The van der Waals surface area contributed by atoms with Crippen molar-refractivity contribution < 1.29 is 0 Å². The lowest BCUT2D eigenvalue weighted by Gasteiger charge is -2.20. The summed E-state index contributed by atoms with van der Waals surface area (Å²) in [6, 6.07) is 0.641. The van der Waals surface area contributed by atoms with Crippen molar-refractivity contribution in [3.63, 3.8) is 0 Å². The summed E-state index contributed by atoms with van der Waals surface area (Å²) in [7, 11) is 4.00. The lowest BCUT2D eigenvalue weighted by molar-refractivity contribution is 0.268. The number of hydrogen-bond donors (Lipinski definition) is 2. The van der Waals surface area contributed by atoms with Gasteiger partial charge in [-0.3, -0.25) is 4.99 Å². The monoisotopic (exact) mass is 242 g/mol. The van der Waals surface area contributed by atoms with Crippen LogP contribution in [0.15, 0.2) is 4.99 Å². The summed E-state index contributed by atoms with van der Waals surface area (Å²) in [6.45, 7) is 9.76. The molecule has 0 heterocycles. The molecule has 0 radical (unpaired) electrons. The highest BCUT2D eigenvalue weighted by Gasteiger charge is 2.02. The van der Waals surface area contributed by atoms with Gasteiger partial charge in [0.1, 0.15) is 0 Å². The van der Waals surface area contributed by atoms with Gasteiger partial charge in [-0.2, -0.15) is 0 Å². The molecular weight excluding hydrogens is 212 g/mol. The maximum Gasteiger partial charge on any atom is 0.190 e. The second-order valence-corrected chi connectivity index (χ2v) is 4.71. The van der Waals surface area contributed by atoms with Crippen molar-refractivity contribution in [3.8, 4) is 0 Å². The second-order valence-electron chi connectivity index (χ2n) is 4.71. The Balaban J connectivity index is 3.49. The largest absolute Gasteiger partial charge is 0.356 e. The molecule has 0 atom stereocenters. The Morgan fingerprint density at radius 2 is 1.82 bits per heavy atom. The summed E-state index contributed by atoms with van der Waals surface area (Å²) >= 11 is 0. The van der Waals surface area contributed by atoms with E-state index in [-0.39, 0.29) is 0 Å². The summed E-state index contributed by atoms with van der Waals surface area (Å²) < 4.78 is 0. The molecule has 0 aromatic carbocycles. The number of rotatable bonds is 8. The number of guanidine groups is 1. The molecule has 2 N–H and O–H groups in total. The van der Waals surface area contributed by atoms with Gasteiger partial charge in [0.25, 0.3) is 0 Å². The molecule has 0 aliphatic heterocycles. The minimum Gasteiger partial charge on any atom is -0.356 e. The molecule has 4 nitrogen and oxygen atoms in total. The van der Waals surface area contributed by atoms with Gasteiger partial charge in [-0.25, -0.2) is 0 Å². The van der Waals surface area contributed by atoms with Crippen molar-refractivity contribution in [1.29, 1.82) is 0 Å². The topological polar surface area (TPSA) is 39.7 Å². The molecular formula is C13H30N4. The number of unbranched alkanes of at least 4 members (excludes halogenated alkanes) is 1. The van der Waals surface area contributed by atoms with E-state index in [4.69, 9.17) is 0 Å². The van der Waals surface area contributed by atoms with Crippen LogP contribution in [0.1, 0.15) is 40.0 Å². The highest BCUT2D eigenvalue weighted by atomic mass is 15.2. The van der Waals surface area contributed by atoms with Crippen LogP contribution in [-0.2, 0) is 0 Å². The summed E-state index contributed by atoms with van der Waals surface area (Å²) in [4.78, 5) is 6.55. The van der Waals surface area contributed by atoms with Crippen LogP contribution < -0.4 is 10.6 Å². The fourth-order valence-electron chi connectivity index (χ4n) is 1.42. The van der Waals surface area contributed by atoms with Crippen molar-refractivity contribution in [2.75, 3.05) is 33.7 Å². The Labute approximate surface area is 107 Å². The minimum absolute atomic E-state index is 0.641. The van der Waals surface area contributed by atoms with E-state index in [1.807, 2.05) is 7.05 Å². The molecule has 0 fully saturated rings. The molecule has 102 valence electrons. The minimum atomic E-state index is 0.641. The second kappa shape index (κ2) is 10.4. The van der Waals surface area contributed by atoms with Crippen LogP contribution in [-0.4, -0.2) is 50.6 Å². The molecule has 0 amide bonds. The van der Waals surface area contributed by atoms with Gasteiger partial charge in [0.2, 0.25) is 0 Å². The standard InChI is InChI=1S/C13H30N4/c1-6-9-15-13(14-4)16-10-7-8-11-17(5)12(2)3/h12H,6-11H2,1-5H3,(H2,14,15,16). The molecule has 0 saturated carbocycles. The van der Waals surface area contributed by atoms with Crippen LogP contribution in [0.5, 0.6) is 0 Å². The van der Waals surface area contributed by atoms with Gasteiger partial charge >= 0.3 is 0 Å². The van der Waals surface area contributed by atoms with Gasteiger partial charge in [-0.1, -0.05) is 6.92 Å². The summed E-state index contributed by atoms with van der Waals surface area (Å²) in [5, 5.41) is 6.59. The summed E-state index contributed by atoms with van der Waals surface area (Å²) in [6.07, 6.45) is 3.54. The van der Waals surface area contributed by atoms with E-state index >= 15 is 0 Å². The van der Waals surface area contributed by atoms with Crippen LogP contribution >= 0.6 is 0 Å². The molecule has 17 heavy (non-hydrogen) atoms. The smallest absolute Gasteiger partial charge is 0.190 e. The number of nitrogens with one attached hydrogen (secondary N) is 2. The molecule has 0 spiro atoms. The van der Waals surface area contributed by atoms with Crippen LogP contribution in [0.25, 0.3) is 0 Å². The summed E-state index contributed by atoms with van der Waals surface area (Å²) in [5.41, 5.74) is 0. The molecule has 0 bridgehead atoms. The van der Waals surface area contributed by atoms with Gasteiger partial charge in [-0.15, -0.1) is 0 Å². The SMILES string of the molecule is CCCNC(=NC)NCCCCN(C)C(C)C. The highest BCUT2D eigenvalue weighted by Crippen LogP contribution is 1.97. The van der Waals surface area contributed by atoms with Crippen LogP contribution in [0.3, 0.4) is 0 Å². The van der Waals surface area contributed by atoms with E-state index in [0.29, 0.717) is 6.04 Å². The average molecular weight is 242 g/mol. The Morgan fingerprint density at radius 3 is 2.35 bits per heavy atom. The van der Waals surface area contributed by atoms with Gasteiger partial charge in [0, 0.05) is 26.2 Å². The number of hydrogen-bond acceptors (Lipinski definition) is 2. The van der Waals surface area contributed by atoms with E-state index in [1.54, 1.807) is 0 Å². The van der Waals surface area contributed by atoms with Crippen molar-refractivity contribution >= 4 is 5.96 Å². The van der Waals surface area contributed by atoms with Crippen molar-refractivity contribution in [1.82, 2.24) is 15.5 Å². The lowest BCUT2D eigenvalue weighted by atomic mass is 10.2. The lowest BCUT2D eigenvalue weighted by Crippen LogP contribution is -2.38. The summed E-state index contributed by atoms with van der Waals surface area (Å²) in [5.74, 6) is 0.920. The average Bonchev–Trinajstić information content (AvgIpc) is 2.32. The molecule has 4 heteroatoms. The van der Waals surface area contributed by atoms with E-state index in [2.05, 4.69) is 48.3 Å². The van der Waals surface area contributed by atoms with E-state index in [9.17, 15) is 0 Å². The number of nitrogens with zero attached hydrogens (tertiary/aromatic N) is 2. The Morgan fingerprint density at radius 1 is 1.18 bits per heavy atom. The van der Waals surface area contributed by atoms with Crippen LogP contribution in [0, 0.1) is 0 Å². The molecule has 0 aromatic rings. The van der Waals surface area contributed by atoms with Gasteiger partial charge in [0.05, 0.1) is 0 Å². The van der Waals surface area contributed by atoms with Gasteiger partial charge in [0.15, 0.2) is 5.96 Å². The zero-order valence-corrected chi connectivity index (χ0v) is 12.2. The Bertz CT molecular complexity index is 202. The zero-order valence-electron chi connectivity index (χ0n) is 12.2. The quantitative estimate of drug-likeness (QED) is 0.386. The first-order valence-electron chi connectivity index (χ1n) is 6.76. The molecule has 0 saturated heterocycles. The van der Waals surface area contributed by atoms with E-state index in [1.165, 1.54) is 19.4 Å². The first-order chi connectivity index (χ1) is 8.11. The fraction of sp³-hybridized carbons (Fsp3) is 0.923. The first-order valence-corrected chi connectivity index (χ1v) is 6.76. The molecule has 0 aliphatic carbocycles. The van der Waals surface area contributed by atoms with E-state index in [0.717, 1.165) is 25.5 Å². The zero-order chi connectivity index (χ0) is 13.1. The van der Waals surface area contributed by atoms with Crippen molar-refractivity contribution in [3.05, 3.63) is 0 Å². The molecule has 0 rings (SSSR count). The maximum atomic E-state index is 4.17. The van der Waals surface area contributed by atoms with Gasteiger partial charge < -0.3 is 15.5 Å². The van der Waals surface area contributed by atoms with Crippen molar-refractivity contribution in [2.24, 2.45) is 4.99 Å². The normalized spacial score (nSPS) is 12.3. The Kier molecular flexibility index (Phi) is 9.92. The third kappa shape index (κ3) is 8.98. The molecule has 0 aliphatic rings. The predicted molar refractivity (Wildman–Crippen MR) is 76.7 cm³/mol. The van der Waals surface area contributed by atoms with Crippen LogP contribution in [0.4, 0.5) is 0 Å². The predicted octanol–water partition coefficient (Wildman–Crippen LogP) is 1.68. The maximum absolute atomic E-state index is 4.17. The van der Waals surface area contributed by atoms with E-state index < -0.39 is 0 Å². The number of aliphatic imine (C=N–C) groups is 1. The highest BCUT2D eigenvalue weighted by molar-refractivity contribution is 5.79.